The van der Waals surface area contributed by atoms with E-state index in [0.29, 0.717) is 5.75 Å². The first-order chi connectivity index (χ1) is 9.95. The molecule has 0 aliphatic heterocycles. The van der Waals surface area contributed by atoms with E-state index >= 15 is 0 Å². The molecule has 0 atom stereocenters. The van der Waals surface area contributed by atoms with Crippen LogP contribution in [0.1, 0.15) is 22.3 Å². The number of thioether (sulfide) groups is 1. The quantitative estimate of drug-likeness (QED) is 0.833. The molecule has 0 unspecified atom stereocenters. The van der Waals surface area contributed by atoms with Crippen LogP contribution in [0.2, 0.25) is 0 Å². The third-order valence-corrected chi connectivity index (χ3v) is 4.53. The monoisotopic (exact) mass is 299 g/mol. The Morgan fingerprint density at radius 2 is 1.62 bits per heavy atom. The molecule has 2 aromatic carbocycles. The zero-order valence-electron chi connectivity index (χ0n) is 13.0. The van der Waals surface area contributed by atoms with Gasteiger partial charge in [-0.1, -0.05) is 29.8 Å². The molecule has 0 radical (unpaired) electrons. The summed E-state index contributed by atoms with van der Waals surface area (Å²) in [6, 6.07) is 12.4. The number of nitrogens with one attached hydrogen (secondary N) is 1. The van der Waals surface area contributed by atoms with Gasteiger partial charge in [0.2, 0.25) is 5.91 Å². The molecule has 0 heterocycles. The summed E-state index contributed by atoms with van der Waals surface area (Å²) in [5.41, 5.74) is 5.61. The standard InChI is InChI=1S/C18H21NOS/c1-12-6-8-17(15(4)9-12)21-11-18(20)19-16-10-13(2)5-7-14(16)3/h5-10H,11H2,1-4H3,(H,19,20). The van der Waals surface area contributed by atoms with Crippen LogP contribution in [0.3, 0.4) is 0 Å². The van der Waals surface area contributed by atoms with Crippen LogP contribution in [0.4, 0.5) is 5.69 Å². The van der Waals surface area contributed by atoms with E-state index in [2.05, 4.69) is 43.4 Å². The van der Waals surface area contributed by atoms with Gasteiger partial charge in [0.15, 0.2) is 0 Å². The van der Waals surface area contributed by atoms with E-state index in [-0.39, 0.29) is 5.91 Å². The fourth-order valence-electron chi connectivity index (χ4n) is 2.16. The summed E-state index contributed by atoms with van der Waals surface area (Å²) in [6.45, 7) is 8.19. The van der Waals surface area contributed by atoms with Crippen molar-refractivity contribution in [3.05, 3.63) is 58.7 Å². The lowest BCUT2D eigenvalue weighted by molar-refractivity contribution is -0.113. The van der Waals surface area contributed by atoms with E-state index in [1.165, 1.54) is 11.1 Å². The SMILES string of the molecule is Cc1ccc(SCC(=O)Nc2cc(C)ccc2C)c(C)c1. The molecule has 21 heavy (non-hydrogen) atoms. The Bertz CT molecular complexity index is 664. The number of anilines is 1. The zero-order valence-corrected chi connectivity index (χ0v) is 13.8. The third-order valence-electron chi connectivity index (χ3n) is 3.36. The van der Waals surface area contributed by atoms with E-state index in [0.717, 1.165) is 21.7 Å². The van der Waals surface area contributed by atoms with Crippen molar-refractivity contribution in [2.75, 3.05) is 11.1 Å². The highest BCUT2D eigenvalue weighted by molar-refractivity contribution is 8.00. The van der Waals surface area contributed by atoms with E-state index in [9.17, 15) is 4.79 Å². The molecule has 0 spiro atoms. The molecule has 0 aromatic heterocycles. The summed E-state index contributed by atoms with van der Waals surface area (Å²) in [6.07, 6.45) is 0. The number of rotatable bonds is 4. The van der Waals surface area contributed by atoms with Gasteiger partial charge in [0, 0.05) is 10.6 Å². The third kappa shape index (κ3) is 4.36. The molecule has 0 fully saturated rings. The van der Waals surface area contributed by atoms with Gasteiger partial charge in [-0.2, -0.15) is 0 Å². The van der Waals surface area contributed by atoms with Crippen molar-refractivity contribution in [1.82, 2.24) is 0 Å². The van der Waals surface area contributed by atoms with Gasteiger partial charge in [0.05, 0.1) is 5.75 Å². The summed E-state index contributed by atoms with van der Waals surface area (Å²) in [5.74, 6) is 0.464. The van der Waals surface area contributed by atoms with Gasteiger partial charge in [-0.3, -0.25) is 4.79 Å². The fraction of sp³-hybridized carbons (Fsp3) is 0.278. The molecule has 0 saturated heterocycles. The number of carbonyl (C=O) groups excluding carboxylic acids is 1. The number of hydrogen-bond donors (Lipinski definition) is 1. The largest absolute Gasteiger partial charge is 0.325 e. The molecule has 2 rings (SSSR count). The van der Waals surface area contributed by atoms with Crippen LogP contribution in [0.25, 0.3) is 0 Å². The van der Waals surface area contributed by atoms with Crippen LogP contribution in [-0.2, 0) is 4.79 Å². The summed E-state index contributed by atoms with van der Waals surface area (Å²) < 4.78 is 0. The van der Waals surface area contributed by atoms with Crippen molar-refractivity contribution in [2.24, 2.45) is 0 Å². The van der Waals surface area contributed by atoms with Crippen molar-refractivity contribution >= 4 is 23.4 Å². The lowest BCUT2D eigenvalue weighted by atomic mass is 10.1. The second-order valence-electron chi connectivity index (χ2n) is 5.42. The van der Waals surface area contributed by atoms with Gasteiger partial charge in [-0.05, 0) is 56.5 Å². The lowest BCUT2D eigenvalue weighted by Gasteiger charge is -2.10. The first-order valence-electron chi connectivity index (χ1n) is 7.03. The molecular formula is C18H21NOS. The molecule has 2 nitrogen and oxygen atoms in total. The average molecular weight is 299 g/mol. The minimum Gasteiger partial charge on any atom is -0.325 e. The second kappa shape index (κ2) is 6.81. The van der Waals surface area contributed by atoms with E-state index in [1.807, 2.05) is 26.0 Å². The van der Waals surface area contributed by atoms with Crippen molar-refractivity contribution < 1.29 is 4.79 Å². The van der Waals surface area contributed by atoms with E-state index in [1.54, 1.807) is 11.8 Å². The van der Waals surface area contributed by atoms with Gasteiger partial charge >= 0.3 is 0 Å². The minimum atomic E-state index is 0.0358. The van der Waals surface area contributed by atoms with Gasteiger partial charge in [-0.25, -0.2) is 0 Å². The van der Waals surface area contributed by atoms with Crippen LogP contribution in [0, 0.1) is 27.7 Å². The van der Waals surface area contributed by atoms with Crippen LogP contribution >= 0.6 is 11.8 Å². The Hall–Kier alpha value is -1.74. The molecule has 0 aliphatic rings. The van der Waals surface area contributed by atoms with Gasteiger partial charge in [-0.15, -0.1) is 11.8 Å². The minimum absolute atomic E-state index is 0.0358. The highest BCUT2D eigenvalue weighted by atomic mass is 32.2. The number of carbonyl (C=O) groups is 1. The maximum absolute atomic E-state index is 12.1. The number of aryl methyl sites for hydroxylation is 4. The van der Waals surface area contributed by atoms with Gasteiger partial charge in [0.1, 0.15) is 0 Å². The molecule has 1 amide bonds. The number of amides is 1. The molecule has 0 saturated carbocycles. The highest BCUT2D eigenvalue weighted by Gasteiger charge is 2.07. The predicted octanol–water partition coefficient (Wildman–Crippen LogP) is 4.65. The summed E-state index contributed by atoms with van der Waals surface area (Å²) in [7, 11) is 0. The Morgan fingerprint density at radius 1 is 0.952 bits per heavy atom. The lowest BCUT2D eigenvalue weighted by Crippen LogP contribution is -2.15. The Labute approximate surface area is 131 Å². The summed E-state index contributed by atoms with van der Waals surface area (Å²) in [4.78, 5) is 13.3. The van der Waals surface area contributed by atoms with Crippen LogP contribution < -0.4 is 5.32 Å². The first kappa shape index (κ1) is 15.6. The van der Waals surface area contributed by atoms with Crippen molar-refractivity contribution in [1.29, 1.82) is 0 Å². The van der Waals surface area contributed by atoms with Crippen molar-refractivity contribution in [3.63, 3.8) is 0 Å². The van der Waals surface area contributed by atoms with Gasteiger partial charge < -0.3 is 5.32 Å². The zero-order chi connectivity index (χ0) is 15.4. The molecule has 0 aliphatic carbocycles. The number of benzene rings is 2. The summed E-state index contributed by atoms with van der Waals surface area (Å²) in [5, 5.41) is 2.99. The topological polar surface area (TPSA) is 29.1 Å². The van der Waals surface area contributed by atoms with Crippen molar-refractivity contribution in [2.45, 2.75) is 32.6 Å². The van der Waals surface area contributed by atoms with E-state index in [4.69, 9.17) is 0 Å². The second-order valence-corrected chi connectivity index (χ2v) is 6.44. The van der Waals surface area contributed by atoms with Crippen molar-refractivity contribution in [3.8, 4) is 0 Å². The normalized spacial score (nSPS) is 10.5. The van der Waals surface area contributed by atoms with E-state index < -0.39 is 0 Å². The maximum Gasteiger partial charge on any atom is 0.234 e. The van der Waals surface area contributed by atoms with Crippen LogP contribution in [0.5, 0.6) is 0 Å². The molecular weight excluding hydrogens is 278 g/mol. The molecule has 0 bridgehead atoms. The van der Waals surface area contributed by atoms with Crippen LogP contribution in [-0.4, -0.2) is 11.7 Å². The average Bonchev–Trinajstić information content (AvgIpc) is 2.42. The molecule has 3 heteroatoms. The van der Waals surface area contributed by atoms with Gasteiger partial charge in [0.25, 0.3) is 0 Å². The Balaban J connectivity index is 1.97. The number of hydrogen-bond acceptors (Lipinski definition) is 2. The molecule has 1 N–H and O–H groups in total. The highest BCUT2D eigenvalue weighted by Crippen LogP contribution is 2.24. The Kier molecular flexibility index (Phi) is 5.07. The predicted molar refractivity (Wildman–Crippen MR) is 91.2 cm³/mol. The fourth-order valence-corrected chi connectivity index (χ4v) is 2.97. The smallest absolute Gasteiger partial charge is 0.234 e. The summed E-state index contributed by atoms with van der Waals surface area (Å²) >= 11 is 1.58. The maximum atomic E-state index is 12.1. The molecule has 2 aromatic rings. The first-order valence-corrected chi connectivity index (χ1v) is 8.01. The van der Waals surface area contributed by atoms with Crippen LogP contribution in [0.15, 0.2) is 41.3 Å². The Morgan fingerprint density at radius 3 is 2.33 bits per heavy atom. The molecule has 110 valence electrons.